The van der Waals surface area contributed by atoms with Gasteiger partial charge < -0.3 is 13.9 Å². The molecule has 1 aromatic carbocycles. The molecule has 1 fully saturated rings. The van der Waals surface area contributed by atoms with Gasteiger partial charge in [0.1, 0.15) is 0 Å². The molecule has 1 N–H and O–H groups in total. The maximum Gasteiger partial charge on any atom is 0.494 e. The van der Waals surface area contributed by atoms with Crippen molar-refractivity contribution in [3.63, 3.8) is 0 Å². The van der Waals surface area contributed by atoms with Crippen molar-refractivity contribution in [3.05, 3.63) is 87.6 Å². The third kappa shape index (κ3) is 5.26. The fourth-order valence-electron chi connectivity index (χ4n) is 3.37. The first-order valence-corrected chi connectivity index (χ1v) is 11.5. The van der Waals surface area contributed by atoms with E-state index >= 15 is 0 Å². The number of aromatic nitrogens is 4. The second kappa shape index (κ2) is 9.25. The molecular weight excluding hydrogens is 483 g/mol. The van der Waals surface area contributed by atoms with E-state index in [4.69, 9.17) is 9.31 Å². The predicted molar refractivity (Wildman–Crippen MR) is 134 cm³/mol. The number of halogens is 1. The van der Waals surface area contributed by atoms with Crippen LogP contribution in [0.2, 0.25) is 0 Å². The van der Waals surface area contributed by atoms with Crippen molar-refractivity contribution in [3.8, 4) is 0 Å². The minimum absolute atomic E-state index is 0.0242. The van der Waals surface area contributed by atoms with Crippen LogP contribution >= 0.6 is 15.9 Å². The maximum atomic E-state index is 11.5. The maximum absolute atomic E-state index is 11.5. The van der Waals surface area contributed by atoms with Crippen molar-refractivity contribution in [2.24, 2.45) is 0 Å². The summed E-state index contributed by atoms with van der Waals surface area (Å²) in [5.41, 5.74) is 2.26. The number of pyridine rings is 2. The Kier molecular flexibility index (Phi) is 6.56. The smallest absolute Gasteiger partial charge is 0.399 e. The van der Waals surface area contributed by atoms with Crippen LogP contribution in [0.15, 0.2) is 76.4 Å². The highest BCUT2D eigenvalue weighted by Gasteiger charge is 2.51. The molecule has 5 rings (SSSR count). The van der Waals surface area contributed by atoms with Crippen molar-refractivity contribution in [1.82, 2.24) is 19.7 Å². The van der Waals surface area contributed by atoms with Crippen molar-refractivity contribution < 1.29 is 9.31 Å². The highest BCUT2D eigenvalue weighted by Crippen LogP contribution is 2.36. The standard InChI is InChI=1S/C13H17BN2O2.C11H9BrN2O/c1-12(2)13(3,4)18-14(17-12)10-6-5-9-8-15-16-11(9)7-10;12-9-4-5-11(15)14(7-9)8-10-3-1-2-6-13-10/h5-8H,1-4H3,(H,15,16);1-7H,8H2. The van der Waals surface area contributed by atoms with Crippen LogP contribution in [-0.4, -0.2) is 38.1 Å². The molecule has 1 aliphatic heterocycles. The zero-order chi connectivity index (χ0) is 23.6. The van der Waals surface area contributed by atoms with E-state index in [1.165, 1.54) is 6.07 Å². The largest absolute Gasteiger partial charge is 0.494 e. The molecule has 0 unspecified atom stereocenters. The number of aromatic amines is 1. The van der Waals surface area contributed by atoms with Crippen LogP contribution in [0.3, 0.4) is 0 Å². The van der Waals surface area contributed by atoms with E-state index in [9.17, 15) is 4.79 Å². The summed E-state index contributed by atoms with van der Waals surface area (Å²) >= 11 is 3.33. The first-order valence-electron chi connectivity index (χ1n) is 10.7. The van der Waals surface area contributed by atoms with Gasteiger partial charge in [-0.05, 0) is 73.4 Å². The van der Waals surface area contributed by atoms with E-state index in [1.54, 1.807) is 23.0 Å². The van der Waals surface area contributed by atoms with Gasteiger partial charge in [-0.15, -0.1) is 0 Å². The molecule has 0 radical (unpaired) electrons. The Labute approximate surface area is 201 Å². The second-order valence-corrected chi connectivity index (χ2v) is 9.86. The normalized spacial score (nSPS) is 16.5. The Balaban J connectivity index is 0.000000160. The average Bonchev–Trinajstić information content (AvgIpc) is 3.32. The number of fused-ring (bicyclic) bond motifs is 1. The molecule has 3 aromatic heterocycles. The lowest BCUT2D eigenvalue weighted by Gasteiger charge is -2.32. The molecule has 0 bridgehead atoms. The summed E-state index contributed by atoms with van der Waals surface area (Å²) in [4.78, 5) is 15.7. The number of rotatable bonds is 3. The van der Waals surface area contributed by atoms with Gasteiger partial charge >= 0.3 is 7.12 Å². The third-order valence-corrected chi connectivity index (χ3v) is 6.47. The fourth-order valence-corrected chi connectivity index (χ4v) is 3.75. The molecule has 4 aromatic rings. The lowest BCUT2D eigenvalue weighted by Crippen LogP contribution is -2.41. The molecule has 170 valence electrons. The molecule has 1 saturated heterocycles. The molecule has 33 heavy (non-hydrogen) atoms. The first kappa shape index (κ1) is 23.4. The van der Waals surface area contributed by atoms with E-state index in [0.717, 1.165) is 26.5 Å². The van der Waals surface area contributed by atoms with Crippen molar-refractivity contribution in [2.45, 2.75) is 45.4 Å². The van der Waals surface area contributed by atoms with Crippen LogP contribution < -0.4 is 11.0 Å². The monoisotopic (exact) mass is 508 g/mol. The number of nitrogens with zero attached hydrogens (tertiary/aromatic N) is 3. The van der Waals surface area contributed by atoms with E-state index in [2.05, 4.69) is 58.8 Å². The topological polar surface area (TPSA) is 82.0 Å². The zero-order valence-corrected chi connectivity index (χ0v) is 20.7. The van der Waals surface area contributed by atoms with Gasteiger partial charge in [-0.25, -0.2) is 0 Å². The van der Waals surface area contributed by atoms with Crippen molar-refractivity contribution in [2.75, 3.05) is 0 Å². The summed E-state index contributed by atoms with van der Waals surface area (Å²) < 4.78 is 14.5. The van der Waals surface area contributed by atoms with Gasteiger partial charge in [0.05, 0.1) is 35.2 Å². The number of hydrogen-bond donors (Lipinski definition) is 1. The van der Waals surface area contributed by atoms with Crippen molar-refractivity contribution >= 4 is 39.4 Å². The number of H-pyrrole nitrogens is 1. The van der Waals surface area contributed by atoms with Crippen LogP contribution in [0, 0.1) is 0 Å². The lowest BCUT2D eigenvalue weighted by molar-refractivity contribution is 0.00578. The first-order chi connectivity index (χ1) is 15.6. The Hall–Kier alpha value is -2.75. The number of nitrogens with one attached hydrogen (secondary N) is 1. The van der Waals surface area contributed by atoms with E-state index in [1.807, 2.05) is 42.6 Å². The highest BCUT2D eigenvalue weighted by molar-refractivity contribution is 9.10. The van der Waals surface area contributed by atoms with Crippen molar-refractivity contribution in [1.29, 1.82) is 0 Å². The molecule has 9 heteroatoms. The predicted octanol–water partition coefficient (Wildman–Crippen LogP) is 3.92. The van der Waals surface area contributed by atoms with E-state index < -0.39 is 0 Å². The molecule has 7 nitrogen and oxygen atoms in total. The molecular formula is C24H26BBrN4O3. The SMILES string of the molecule is CC1(C)OB(c2ccc3cn[nH]c3c2)OC1(C)C.O=c1ccc(Br)cn1Cc1ccccn1. The van der Waals surface area contributed by atoms with E-state index in [-0.39, 0.29) is 23.9 Å². The van der Waals surface area contributed by atoms with Crippen LogP contribution in [0.1, 0.15) is 33.4 Å². The molecule has 0 atom stereocenters. The summed E-state index contributed by atoms with van der Waals surface area (Å²) in [5.74, 6) is 0. The lowest BCUT2D eigenvalue weighted by atomic mass is 9.79. The highest BCUT2D eigenvalue weighted by atomic mass is 79.9. The van der Waals surface area contributed by atoms with Gasteiger partial charge in [0.2, 0.25) is 0 Å². The fraction of sp³-hybridized carbons (Fsp3) is 0.292. The average molecular weight is 509 g/mol. The van der Waals surface area contributed by atoms with Gasteiger partial charge in [-0.3, -0.25) is 14.9 Å². The Morgan fingerprint density at radius 3 is 2.52 bits per heavy atom. The Morgan fingerprint density at radius 1 is 1.06 bits per heavy atom. The van der Waals surface area contributed by atoms with Crippen LogP contribution in [0.5, 0.6) is 0 Å². The van der Waals surface area contributed by atoms with Crippen LogP contribution in [0.4, 0.5) is 0 Å². The summed E-state index contributed by atoms with van der Waals surface area (Å²) in [6, 6.07) is 15.0. The molecule has 0 spiro atoms. The van der Waals surface area contributed by atoms with Gasteiger partial charge in [0.25, 0.3) is 5.56 Å². The number of hydrogen-bond acceptors (Lipinski definition) is 5. The summed E-state index contributed by atoms with van der Waals surface area (Å²) in [6.07, 6.45) is 5.29. The third-order valence-electron chi connectivity index (χ3n) is 6.00. The quantitative estimate of drug-likeness (QED) is 0.424. The van der Waals surface area contributed by atoms with Gasteiger partial charge in [0, 0.05) is 28.3 Å². The Morgan fingerprint density at radius 2 is 1.82 bits per heavy atom. The van der Waals surface area contributed by atoms with Crippen LogP contribution in [0.25, 0.3) is 10.9 Å². The zero-order valence-electron chi connectivity index (χ0n) is 19.1. The molecule has 0 saturated carbocycles. The van der Waals surface area contributed by atoms with Gasteiger partial charge in [0.15, 0.2) is 0 Å². The molecule has 4 heterocycles. The second-order valence-electron chi connectivity index (χ2n) is 8.94. The molecule has 0 aliphatic carbocycles. The molecule has 1 aliphatic rings. The van der Waals surface area contributed by atoms with Gasteiger partial charge in [-0.1, -0.05) is 18.2 Å². The molecule has 0 amide bonds. The summed E-state index contributed by atoms with van der Waals surface area (Å²) in [7, 11) is -0.317. The Bertz CT molecular complexity index is 1290. The van der Waals surface area contributed by atoms with E-state index in [0.29, 0.717) is 6.54 Å². The van der Waals surface area contributed by atoms with Gasteiger partial charge in [-0.2, -0.15) is 5.10 Å². The summed E-state index contributed by atoms with van der Waals surface area (Å²) in [6.45, 7) is 8.73. The minimum Gasteiger partial charge on any atom is -0.399 e. The van der Waals surface area contributed by atoms with Crippen LogP contribution in [-0.2, 0) is 15.9 Å². The minimum atomic E-state index is -0.317. The summed E-state index contributed by atoms with van der Waals surface area (Å²) in [5, 5.41) is 8.08. The number of benzene rings is 1.